The van der Waals surface area contributed by atoms with E-state index in [0.29, 0.717) is 6.54 Å². The van der Waals surface area contributed by atoms with E-state index < -0.39 is 0 Å². The number of H-pyrrole nitrogens is 1. The van der Waals surface area contributed by atoms with Crippen molar-refractivity contribution in [3.05, 3.63) is 36.0 Å². The summed E-state index contributed by atoms with van der Waals surface area (Å²) in [6, 6.07) is 7.88. The molecule has 0 spiro atoms. The van der Waals surface area contributed by atoms with E-state index in [2.05, 4.69) is 21.7 Å². The molecule has 1 aromatic carbocycles. The maximum atomic E-state index is 11.8. The number of hydrogen-bond acceptors (Lipinski definition) is 2. The first-order valence-corrected chi connectivity index (χ1v) is 7.32. The minimum absolute atomic E-state index is 0.0457. The molecule has 2 unspecified atom stereocenters. The summed E-state index contributed by atoms with van der Waals surface area (Å²) in [5, 5.41) is 15.9. The molecule has 2 amide bonds. The molecule has 0 aliphatic carbocycles. The second kappa shape index (κ2) is 7.13. The Morgan fingerprint density at radius 3 is 2.86 bits per heavy atom. The maximum Gasteiger partial charge on any atom is 0.315 e. The molecule has 2 atom stereocenters. The third-order valence-electron chi connectivity index (χ3n) is 3.86. The SMILES string of the molecule is CC(CO)C(C)NC(=O)NCCc1c[nH]c2ccccc12. The van der Waals surface area contributed by atoms with Crippen molar-refractivity contribution in [2.45, 2.75) is 26.3 Å². The third kappa shape index (κ3) is 3.98. The van der Waals surface area contributed by atoms with E-state index in [1.807, 2.05) is 38.2 Å². The van der Waals surface area contributed by atoms with Crippen LogP contribution in [0.3, 0.4) is 0 Å². The summed E-state index contributed by atoms with van der Waals surface area (Å²) in [7, 11) is 0. The van der Waals surface area contributed by atoms with Gasteiger partial charge >= 0.3 is 6.03 Å². The summed E-state index contributed by atoms with van der Waals surface area (Å²) in [6.45, 7) is 4.43. The fourth-order valence-electron chi connectivity index (χ4n) is 2.21. The van der Waals surface area contributed by atoms with Gasteiger partial charge in [0, 0.05) is 36.3 Å². The van der Waals surface area contributed by atoms with E-state index in [0.717, 1.165) is 11.9 Å². The molecule has 0 radical (unpaired) electrons. The molecule has 5 heteroatoms. The van der Waals surface area contributed by atoms with Gasteiger partial charge in [-0.2, -0.15) is 0 Å². The van der Waals surface area contributed by atoms with Crippen molar-refractivity contribution < 1.29 is 9.90 Å². The molecule has 5 nitrogen and oxygen atoms in total. The molecule has 1 aromatic heterocycles. The summed E-state index contributed by atoms with van der Waals surface area (Å²) < 4.78 is 0. The predicted octanol–water partition coefficient (Wildman–Crippen LogP) is 2.03. The lowest BCUT2D eigenvalue weighted by atomic mass is 10.1. The van der Waals surface area contributed by atoms with E-state index in [1.165, 1.54) is 10.9 Å². The molecule has 1 heterocycles. The molecule has 114 valence electrons. The van der Waals surface area contributed by atoms with E-state index >= 15 is 0 Å². The zero-order valence-electron chi connectivity index (χ0n) is 12.5. The second-order valence-corrected chi connectivity index (χ2v) is 5.46. The van der Waals surface area contributed by atoms with Crippen molar-refractivity contribution in [1.82, 2.24) is 15.6 Å². The average Bonchev–Trinajstić information content (AvgIpc) is 2.90. The number of amides is 2. The fraction of sp³-hybridized carbons (Fsp3) is 0.438. The van der Waals surface area contributed by atoms with Crippen LogP contribution in [0.4, 0.5) is 4.79 Å². The van der Waals surface area contributed by atoms with Gasteiger partial charge in [0.25, 0.3) is 0 Å². The number of aliphatic hydroxyl groups is 1. The summed E-state index contributed by atoms with van der Waals surface area (Å²) in [5.74, 6) is 0.0457. The van der Waals surface area contributed by atoms with Gasteiger partial charge in [-0.3, -0.25) is 0 Å². The van der Waals surface area contributed by atoms with Crippen LogP contribution in [0.15, 0.2) is 30.5 Å². The van der Waals surface area contributed by atoms with E-state index in [1.54, 1.807) is 0 Å². The van der Waals surface area contributed by atoms with Crippen molar-refractivity contribution in [2.75, 3.05) is 13.2 Å². The van der Waals surface area contributed by atoms with Gasteiger partial charge in [-0.05, 0) is 30.9 Å². The number of rotatable bonds is 6. The monoisotopic (exact) mass is 289 g/mol. The fourth-order valence-corrected chi connectivity index (χ4v) is 2.21. The molecule has 2 aromatic rings. The molecule has 0 fully saturated rings. The lowest BCUT2D eigenvalue weighted by Crippen LogP contribution is -2.44. The normalized spacial score (nSPS) is 13.9. The Bertz CT molecular complexity index is 594. The summed E-state index contributed by atoms with van der Waals surface area (Å²) in [6.07, 6.45) is 2.77. The second-order valence-electron chi connectivity index (χ2n) is 5.46. The first-order valence-electron chi connectivity index (χ1n) is 7.32. The van der Waals surface area contributed by atoms with E-state index in [4.69, 9.17) is 5.11 Å². The summed E-state index contributed by atoms with van der Waals surface area (Å²) in [4.78, 5) is 15.0. The van der Waals surface area contributed by atoms with E-state index in [-0.39, 0.29) is 24.6 Å². The van der Waals surface area contributed by atoms with Gasteiger partial charge in [-0.25, -0.2) is 4.79 Å². The molecule has 0 saturated heterocycles. The van der Waals surface area contributed by atoms with Gasteiger partial charge in [0.1, 0.15) is 0 Å². The topological polar surface area (TPSA) is 77.2 Å². The van der Waals surface area contributed by atoms with Crippen molar-refractivity contribution in [3.8, 4) is 0 Å². The van der Waals surface area contributed by atoms with Crippen molar-refractivity contribution in [1.29, 1.82) is 0 Å². The number of urea groups is 1. The molecule has 0 aliphatic rings. The first kappa shape index (κ1) is 15.4. The number of nitrogens with one attached hydrogen (secondary N) is 3. The number of carbonyl (C=O) groups excluding carboxylic acids is 1. The zero-order chi connectivity index (χ0) is 15.2. The highest BCUT2D eigenvalue weighted by Crippen LogP contribution is 2.17. The Hall–Kier alpha value is -2.01. The Labute approximate surface area is 124 Å². The van der Waals surface area contributed by atoms with Crippen LogP contribution in [0.2, 0.25) is 0 Å². The van der Waals surface area contributed by atoms with Crippen molar-refractivity contribution in [3.63, 3.8) is 0 Å². The molecule has 0 bridgehead atoms. The summed E-state index contributed by atoms with van der Waals surface area (Å²) in [5.41, 5.74) is 2.31. The standard InChI is InChI=1S/C16H23N3O2/c1-11(10-20)12(2)19-16(21)17-8-7-13-9-18-15-6-4-3-5-14(13)15/h3-6,9,11-12,18,20H,7-8,10H2,1-2H3,(H2,17,19,21). The summed E-state index contributed by atoms with van der Waals surface area (Å²) >= 11 is 0. The van der Waals surface area contributed by atoms with Crippen LogP contribution in [-0.2, 0) is 6.42 Å². The van der Waals surface area contributed by atoms with Crippen LogP contribution in [0.5, 0.6) is 0 Å². The number of aromatic amines is 1. The highest BCUT2D eigenvalue weighted by atomic mass is 16.3. The molecule has 2 rings (SSSR count). The van der Waals surface area contributed by atoms with Crippen LogP contribution in [0.25, 0.3) is 10.9 Å². The highest BCUT2D eigenvalue weighted by Gasteiger charge is 2.13. The Morgan fingerprint density at radius 1 is 1.33 bits per heavy atom. The van der Waals surface area contributed by atoms with Gasteiger partial charge in [-0.15, -0.1) is 0 Å². The van der Waals surface area contributed by atoms with Crippen LogP contribution in [0, 0.1) is 5.92 Å². The minimum atomic E-state index is -0.192. The molecular weight excluding hydrogens is 266 g/mol. The minimum Gasteiger partial charge on any atom is -0.396 e. The quantitative estimate of drug-likeness (QED) is 0.656. The first-order chi connectivity index (χ1) is 10.1. The molecule has 0 saturated carbocycles. The molecule has 4 N–H and O–H groups in total. The number of para-hydroxylation sites is 1. The average molecular weight is 289 g/mol. The largest absolute Gasteiger partial charge is 0.396 e. The Kier molecular flexibility index (Phi) is 5.22. The van der Waals surface area contributed by atoms with Gasteiger partial charge in [0.15, 0.2) is 0 Å². The number of hydrogen-bond donors (Lipinski definition) is 4. The molecule has 21 heavy (non-hydrogen) atoms. The Balaban J connectivity index is 1.80. The smallest absolute Gasteiger partial charge is 0.315 e. The zero-order valence-corrected chi connectivity index (χ0v) is 12.5. The highest BCUT2D eigenvalue weighted by molar-refractivity contribution is 5.83. The van der Waals surface area contributed by atoms with E-state index in [9.17, 15) is 4.79 Å². The van der Waals surface area contributed by atoms with Crippen LogP contribution < -0.4 is 10.6 Å². The number of aromatic nitrogens is 1. The molecule has 0 aliphatic heterocycles. The number of fused-ring (bicyclic) bond motifs is 1. The van der Waals surface area contributed by atoms with Gasteiger partial charge in [0.05, 0.1) is 0 Å². The number of carbonyl (C=O) groups is 1. The van der Waals surface area contributed by atoms with Gasteiger partial charge < -0.3 is 20.7 Å². The van der Waals surface area contributed by atoms with Crippen LogP contribution in [0.1, 0.15) is 19.4 Å². The maximum absolute atomic E-state index is 11.8. The Morgan fingerprint density at radius 2 is 2.10 bits per heavy atom. The van der Waals surface area contributed by atoms with Crippen molar-refractivity contribution in [2.24, 2.45) is 5.92 Å². The molecular formula is C16H23N3O2. The van der Waals surface area contributed by atoms with Gasteiger partial charge in [-0.1, -0.05) is 25.1 Å². The lowest BCUT2D eigenvalue weighted by molar-refractivity contribution is 0.200. The van der Waals surface area contributed by atoms with Crippen LogP contribution >= 0.6 is 0 Å². The number of aliphatic hydroxyl groups excluding tert-OH is 1. The van der Waals surface area contributed by atoms with Gasteiger partial charge in [0.2, 0.25) is 0 Å². The lowest BCUT2D eigenvalue weighted by Gasteiger charge is -2.19. The predicted molar refractivity (Wildman–Crippen MR) is 84.2 cm³/mol. The number of benzene rings is 1. The van der Waals surface area contributed by atoms with Crippen LogP contribution in [-0.4, -0.2) is 35.3 Å². The van der Waals surface area contributed by atoms with Crippen molar-refractivity contribution >= 4 is 16.9 Å². The third-order valence-corrected chi connectivity index (χ3v) is 3.86.